The number of benzene rings is 1. The van der Waals surface area contributed by atoms with E-state index < -0.39 is 17.6 Å². The second kappa shape index (κ2) is 9.76. The minimum absolute atomic E-state index is 0.0670. The molecule has 9 heteroatoms. The van der Waals surface area contributed by atoms with Gasteiger partial charge in [-0.15, -0.1) is 0 Å². The summed E-state index contributed by atoms with van der Waals surface area (Å²) in [7, 11) is 1.99. The first-order valence-corrected chi connectivity index (χ1v) is 12.5. The fraction of sp³-hybridized carbons (Fsp3) is 0.393. The molecule has 1 amide bonds. The van der Waals surface area contributed by atoms with Crippen LogP contribution in [0.1, 0.15) is 56.0 Å². The predicted octanol–water partition coefficient (Wildman–Crippen LogP) is 6.80. The fourth-order valence-electron chi connectivity index (χ4n) is 5.30. The van der Waals surface area contributed by atoms with Crippen molar-refractivity contribution in [2.45, 2.75) is 57.5 Å². The van der Waals surface area contributed by atoms with Crippen molar-refractivity contribution >= 4 is 16.9 Å². The molecule has 2 heterocycles. The van der Waals surface area contributed by atoms with Crippen molar-refractivity contribution in [1.82, 2.24) is 19.9 Å². The number of halogens is 4. The van der Waals surface area contributed by atoms with Gasteiger partial charge in [0.2, 0.25) is 5.91 Å². The van der Waals surface area contributed by atoms with Crippen LogP contribution in [-0.4, -0.2) is 26.6 Å². The number of hydrogen-bond acceptors (Lipinski definition) is 3. The molecule has 0 bridgehead atoms. The number of rotatable bonds is 4. The minimum Gasteiger partial charge on any atom is -0.331 e. The third kappa shape index (κ3) is 5.17. The van der Waals surface area contributed by atoms with Crippen LogP contribution in [-0.2, 0) is 11.8 Å². The van der Waals surface area contributed by atoms with Gasteiger partial charge in [-0.05, 0) is 68.9 Å². The molecule has 0 radical (unpaired) electrons. The second-order valence-corrected chi connectivity index (χ2v) is 9.94. The van der Waals surface area contributed by atoms with Crippen LogP contribution in [0.25, 0.3) is 22.2 Å². The van der Waals surface area contributed by atoms with Crippen molar-refractivity contribution in [2.75, 3.05) is 0 Å². The van der Waals surface area contributed by atoms with Gasteiger partial charge in [0, 0.05) is 41.9 Å². The molecule has 0 spiro atoms. The highest BCUT2D eigenvalue weighted by atomic mass is 19.4. The van der Waals surface area contributed by atoms with Crippen LogP contribution in [0.5, 0.6) is 0 Å². The molecule has 194 valence electrons. The summed E-state index contributed by atoms with van der Waals surface area (Å²) < 4.78 is 54.8. The maximum absolute atomic E-state index is 14.3. The summed E-state index contributed by atoms with van der Waals surface area (Å²) in [5, 5.41) is 2.56. The van der Waals surface area contributed by atoms with Gasteiger partial charge in [-0.1, -0.05) is 18.6 Å². The Labute approximate surface area is 212 Å². The van der Waals surface area contributed by atoms with Crippen LogP contribution in [0, 0.1) is 12.8 Å². The fourth-order valence-corrected chi connectivity index (χ4v) is 5.30. The lowest BCUT2D eigenvalue weighted by molar-refractivity contribution is -0.125. The molecule has 1 fully saturated rings. The summed E-state index contributed by atoms with van der Waals surface area (Å²) in [6.45, 7) is 1.97. The molecule has 2 unspecified atom stereocenters. The van der Waals surface area contributed by atoms with E-state index in [-0.39, 0.29) is 36.3 Å². The number of allylic oxidation sites excluding steroid dienone is 4. The zero-order chi connectivity index (χ0) is 26.3. The molecule has 1 N–H and O–H groups in total. The maximum Gasteiger partial charge on any atom is 0.412 e. The summed E-state index contributed by atoms with van der Waals surface area (Å²) in [5.74, 6) is -0.670. The normalized spacial score (nSPS) is 20.8. The van der Waals surface area contributed by atoms with E-state index >= 15 is 0 Å². The number of hydrogen-bond donors (Lipinski definition) is 1. The Bertz CT molecular complexity index is 1400. The lowest BCUT2D eigenvalue weighted by atomic mass is 9.79. The number of pyridine rings is 1. The number of fused-ring (bicyclic) bond motifs is 1. The van der Waals surface area contributed by atoms with Crippen molar-refractivity contribution in [1.29, 1.82) is 0 Å². The third-order valence-corrected chi connectivity index (χ3v) is 7.56. The molecular formula is C28H28F4N4O. The molecule has 0 saturated heterocycles. The summed E-state index contributed by atoms with van der Waals surface area (Å²) in [5.41, 5.74) is 3.92. The molecule has 2 aliphatic carbocycles. The van der Waals surface area contributed by atoms with E-state index in [2.05, 4.69) is 10.3 Å². The zero-order valence-corrected chi connectivity index (χ0v) is 20.7. The molecule has 3 aromatic rings. The number of aryl methyl sites for hydroxylation is 2. The number of imidazole rings is 1. The van der Waals surface area contributed by atoms with Gasteiger partial charge in [0.1, 0.15) is 11.7 Å². The smallest absolute Gasteiger partial charge is 0.331 e. The number of carbonyl (C=O) groups excluding carboxylic acids is 1. The van der Waals surface area contributed by atoms with E-state index in [9.17, 15) is 22.4 Å². The SMILES string of the molecule is Cc1nc2cc(-c3ccc(C4CCCC(C(=O)NC5=C(F)C=C(C(F)(F)F)CC5)C4)nc3)ccc2n1C. The van der Waals surface area contributed by atoms with Crippen LogP contribution in [0.4, 0.5) is 17.6 Å². The van der Waals surface area contributed by atoms with Gasteiger partial charge >= 0.3 is 6.18 Å². The molecule has 0 aliphatic heterocycles. The lowest BCUT2D eigenvalue weighted by Crippen LogP contribution is -2.34. The molecule has 5 nitrogen and oxygen atoms in total. The average Bonchev–Trinajstić information content (AvgIpc) is 3.17. The molecule has 1 aromatic carbocycles. The molecule has 37 heavy (non-hydrogen) atoms. The number of nitrogens with one attached hydrogen (secondary N) is 1. The Morgan fingerprint density at radius 1 is 1.11 bits per heavy atom. The van der Waals surface area contributed by atoms with Crippen LogP contribution in [0.2, 0.25) is 0 Å². The minimum atomic E-state index is -4.56. The second-order valence-electron chi connectivity index (χ2n) is 9.94. The van der Waals surface area contributed by atoms with Crippen molar-refractivity contribution in [3.05, 3.63) is 71.2 Å². The highest BCUT2D eigenvalue weighted by Gasteiger charge is 2.36. The summed E-state index contributed by atoms with van der Waals surface area (Å²) >= 11 is 0. The van der Waals surface area contributed by atoms with E-state index in [0.717, 1.165) is 46.5 Å². The van der Waals surface area contributed by atoms with Gasteiger partial charge in [-0.25, -0.2) is 9.37 Å². The first-order chi connectivity index (χ1) is 17.6. The van der Waals surface area contributed by atoms with Crippen molar-refractivity contribution in [2.24, 2.45) is 13.0 Å². The van der Waals surface area contributed by atoms with Crippen LogP contribution < -0.4 is 5.32 Å². The first kappa shape index (κ1) is 25.2. The van der Waals surface area contributed by atoms with Gasteiger partial charge in [0.15, 0.2) is 0 Å². The van der Waals surface area contributed by atoms with E-state index in [1.165, 1.54) is 0 Å². The van der Waals surface area contributed by atoms with E-state index in [1.807, 2.05) is 55.1 Å². The van der Waals surface area contributed by atoms with Gasteiger partial charge in [-0.2, -0.15) is 13.2 Å². The summed E-state index contributed by atoms with van der Waals surface area (Å²) in [6, 6.07) is 10.2. The van der Waals surface area contributed by atoms with Gasteiger partial charge < -0.3 is 9.88 Å². The zero-order valence-electron chi connectivity index (χ0n) is 20.7. The van der Waals surface area contributed by atoms with E-state index in [4.69, 9.17) is 4.98 Å². The molecule has 2 aromatic heterocycles. The molecule has 2 aliphatic rings. The third-order valence-electron chi connectivity index (χ3n) is 7.56. The van der Waals surface area contributed by atoms with Gasteiger partial charge in [0.25, 0.3) is 0 Å². The number of aromatic nitrogens is 3. The first-order valence-electron chi connectivity index (χ1n) is 12.5. The number of alkyl halides is 3. The molecule has 1 saturated carbocycles. The number of amides is 1. The van der Waals surface area contributed by atoms with E-state index in [0.29, 0.717) is 18.9 Å². The van der Waals surface area contributed by atoms with E-state index in [1.54, 1.807) is 0 Å². The van der Waals surface area contributed by atoms with Crippen LogP contribution in [0.15, 0.2) is 59.7 Å². The Morgan fingerprint density at radius 2 is 1.89 bits per heavy atom. The topological polar surface area (TPSA) is 59.8 Å². The highest BCUT2D eigenvalue weighted by Crippen LogP contribution is 2.38. The standard InChI is InChI=1S/C28H28F4N4O/c1-16-34-25-13-17(7-11-26(25)36(16)2)20-6-9-23(33-15-20)18-4-3-5-19(12-18)27(37)35-24-10-8-21(14-22(24)29)28(30,31)32/h6-7,9,11,13-15,18-19H,3-5,8,10,12H2,1-2H3,(H,35,37). The Hall–Kier alpha value is -3.49. The van der Waals surface area contributed by atoms with Crippen LogP contribution in [0.3, 0.4) is 0 Å². The Morgan fingerprint density at radius 3 is 2.59 bits per heavy atom. The number of nitrogens with zero attached hydrogens (tertiary/aromatic N) is 3. The average molecular weight is 513 g/mol. The van der Waals surface area contributed by atoms with Crippen molar-refractivity contribution < 1.29 is 22.4 Å². The largest absolute Gasteiger partial charge is 0.412 e. The molecule has 5 rings (SSSR count). The predicted molar refractivity (Wildman–Crippen MR) is 133 cm³/mol. The van der Waals surface area contributed by atoms with Crippen molar-refractivity contribution in [3.8, 4) is 11.1 Å². The Balaban J connectivity index is 1.26. The molecular weight excluding hydrogens is 484 g/mol. The van der Waals surface area contributed by atoms with Gasteiger partial charge in [-0.3, -0.25) is 9.78 Å². The highest BCUT2D eigenvalue weighted by molar-refractivity contribution is 5.82. The van der Waals surface area contributed by atoms with Gasteiger partial charge in [0.05, 0.1) is 16.7 Å². The summed E-state index contributed by atoms with van der Waals surface area (Å²) in [6.07, 6.45) is 0.179. The van der Waals surface area contributed by atoms with Crippen molar-refractivity contribution in [3.63, 3.8) is 0 Å². The quantitative estimate of drug-likeness (QED) is 0.391. The lowest BCUT2D eigenvalue weighted by Gasteiger charge is -2.29. The summed E-state index contributed by atoms with van der Waals surface area (Å²) in [4.78, 5) is 22.2. The molecule has 2 atom stereocenters. The number of carbonyl (C=O) groups is 1. The monoisotopic (exact) mass is 512 g/mol. The maximum atomic E-state index is 14.3. The Kier molecular flexibility index (Phi) is 6.64. The van der Waals surface area contributed by atoms with Crippen LogP contribution >= 0.6 is 0 Å².